The van der Waals surface area contributed by atoms with Gasteiger partial charge in [-0.05, 0) is 6.42 Å². The van der Waals surface area contributed by atoms with Gasteiger partial charge in [0, 0.05) is 20.7 Å². The first kappa shape index (κ1) is 13.8. The molecule has 0 saturated heterocycles. The fraction of sp³-hybridized carbons (Fsp3) is 1.00. The number of likely N-dealkylation sites (N-methyl/N-ethyl adjacent to an activating group) is 1. The molecule has 0 aliphatic carbocycles. The third kappa shape index (κ3) is 4.90. The molecule has 6 heteroatoms. The number of methoxy groups -OCH3 is 1. The summed E-state index contributed by atoms with van der Waals surface area (Å²) in [4.78, 5) is 0. The van der Waals surface area contributed by atoms with E-state index in [1.165, 1.54) is 18.5 Å². The van der Waals surface area contributed by atoms with E-state index in [9.17, 15) is 13.5 Å². The Hall–Kier alpha value is -0.170. The van der Waals surface area contributed by atoms with E-state index in [2.05, 4.69) is 0 Å². The third-order valence-electron chi connectivity index (χ3n) is 1.76. The van der Waals surface area contributed by atoms with E-state index in [4.69, 9.17) is 4.74 Å². The van der Waals surface area contributed by atoms with Crippen molar-refractivity contribution in [1.29, 1.82) is 0 Å². The van der Waals surface area contributed by atoms with Crippen LogP contribution in [-0.4, -0.2) is 57.0 Å². The number of hydrogen-bond acceptors (Lipinski definition) is 4. The predicted molar refractivity (Wildman–Crippen MR) is 54.6 cm³/mol. The lowest BCUT2D eigenvalue weighted by Gasteiger charge is -2.19. The minimum atomic E-state index is -3.21. The van der Waals surface area contributed by atoms with Gasteiger partial charge in [-0.1, -0.05) is 6.92 Å². The summed E-state index contributed by atoms with van der Waals surface area (Å²) in [5.74, 6) is 0.114. The van der Waals surface area contributed by atoms with Crippen molar-refractivity contribution in [3.05, 3.63) is 0 Å². The van der Waals surface area contributed by atoms with Crippen molar-refractivity contribution in [2.24, 2.45) is 0 Å². The molecule has 0 aliphatic heterocycles. The molecule has 1 atom stereocenters. The van der Waals surface area contributed by atoms with Crippen LogP contribution in [0.2, 0.25) is 0 Å². The van der Waals surface area contributed by atoms with Crippen LogP contribution >= 0.6 is 0 Å². The third-order valence-corrected chi connectivity index (χ3v) is 3.79. The molecular weight excluding hydrogens is 206 g/mol. The van der Waals surface area contributed by atoms with Gasteiger partial charge in [-0.3, -0.25) is 0 Å². The fourth-order valence-electron chi connectivity index (χ4n) is 1.07. The van der Waals surface area contributed by atoms with Gasteiger partial charge < -0.3 is 9.84 Å². The Morgan fingerprint density at radius 1 is 1.50 bits per heavy atom. The summed E-state index contributed by atoms with van der Waals surface area (Å²) < 4.78 is 28.8. The molecule has 0 aliphatic rings. The highest BCUT2D eigenvalue weighted by atomic mass is 32.2. The summed E-state index contributed by atoms with van der Waals surface area (Å²) in [6.07, 6.45) is -0.191. The van der Waals surface area contributed by atoms with Crippen LogP contribution < -0.4 is 0 Å². The van der Waals surface area contributed by atoms with E-state index in [-0.39, 0.29) is 18.9 Å². The van der Waals surface area contributed by atoms with Crippen molar-refractivity contribution in [2.45, 2.75) is 19.4 Å². The topological polar surface area (TPSA) is 66.8 Å². The molecule has 0 rings (SSSR count). The lowest BCUT2D eigenvalue weighted by molar-refractivity contribution is 0.0554. The highest BCUT2D eigenvalue weighted by Gasteiger charge is 2.19. The quantitative estimate of drug-likeness (QED) is 0.644. The molecule has 14 heavy (non-hydrogen) atoms. The monoisotopic (exact) mass is 225 g/mol. The zero-order valence-electron chi connectivity index (χ0n) is 8.93. The van der Waals surface area contributed by atoms with Crippen LogP contribution in [-0.2, 0) is 14.8 Å². The summed E-state index contributed by atoms with van der Waals surface area (Å²) in [7, 11) is -0.282. The minimum Gasteiger partial charge on any atom is -0.389 e. The van der Waals surface area contributed by atoms with Crippen molar-refractivity contribution < 1.29 is 18.3 Å². The van der Waals surface area contributed by atoms with Crippen molar-refractivity contribution in [3.8, 4) is 0 Å². The first-order valence-corrected chi connectivity index (χ1v) is 6.16. The normalized spacial score (nSPS) is 14.6. The van der Waals surface area contributed by atoms with Crippen LogP contribution in [0.4, 0.5) is 0 Å². The molecule has 5 nitrogen and oxygen atoms in total. The Morgan fingerprint density at radius 3 is 2.50 bits per heavy atom. The predicted octanol–water partition coefficient (Wildman–Crippen LogP) is -0.335. The zero-order chi connectivity index (χ0) is 11.2. The molecule has 86 valence electrons. The van der Waals surface area contributed by atoms with Gasteiger partial charge in [-0.25, -0.2) is 12.7 Å². The highest BCUT2D eigenvalue weighted by molar-refractivity contribution is 7.89. The van der Waals surface area contributed by atoms with Crippen molar-refractivity contribution in [1.82, 2.24) is 4.31 Å². The van der Waals surface area contributed by atoms with Gasteiger partial charge >= 0.3 is 0 Å². The van der Waals surface area contributed by atoms with Crippen molar-refractivity contribution in [3.63, 3.8) is 0 Å². The van der Waals surface area contributed by atoms with E-state index in [1.54, 1.807) is 6.92 Å². The van der Waals surface area contributed by atoms with E-state index >= 15 is 0 Å². The smallest absolute Gasteiger partial charge is 0.213 e. The summed E-state index contributed by atoms with van der Waals surface area (Å²) in [5.41, 5.74) is 0. The molecule has 0 aromatic rings. The number of sulfonamides is 1. The molecule has 1 N–H and O–H groups in total. The van der Waals surface area contributed by atoms with Gasteiger partial charge in [0.2, 0.25) is 10.0 Å². The Balaban J connectivity index is 4.12. The van der Waals surface area contributed by atoms with E-state index < -0.39 is 16.1 Å². The van der Waals surface area contributed by atoms with Gasteiger partial charge in [0.15, 0.2) is 0 Å². The Bertz CT molecular complexity index is 240. The number of nitrogens with zero attached hydrogens (tertiary/aromatic N) is 1. The van der Waals surface area contributed by atoms with Gasteiger partial charge in [0.05, 0.1) is 18.5 Å². The molecule has 0 aromatic carbocycles. The maximum atomic E-state index is 11.4. The number of hydrogen-bond donors (Lipinski definition) is 1. The molecule has 0 saturated carbocycles. The summed E-state index contributed by atoms with van der Waals surface area (Å²) in [5, 5.41) is 9.32. The second kappa shape index (κ2) is 6.34. The van der Waals surface area contributed by atoms with Crippen LogP contribution in [0.5, 0.6) is 0 Å². The lowest BCUT2D eigenvalue weighted by Crippen LogP contribution is -2.37. The van der Waals surface area contributed by atoms with E-state index in [0.29, 0.717) is 6.42 Å². The summed E-state index contributed by atoms with van der Waals surface area (Å²) >= 11 is 0. The Kier molecular flexibility index (Phi) is 6.26. The molecule has 0 spiro atoms. The second-order valence-corrected chi connectivity index (χ2v) is 5.40. The SMILES string of the molecule is CCCS(=O)(=O)N(C)CC(O)COC. The molecule has 0 aromatic heterocycles. The number of rotatable bonds is 7. The molecule has 0 radical (unpaired) electrons. The molecule has 0 amide bonds. The van der Waals surface area contributed by atoms with Gasteiger partial charge in [0.25, 0.3) is 0 Å². The highest BCUT2D eigenvalue weighted by Crippen LogP contribution is 2.01. The van der Waals surface area contributed by atoms with Crippen LogP contribution in [0.3, 0.4) is 0 Å². The first-order chi connectivity index (χ1) is 6.44. The molecule has 0 fully saturated rings. The maximum Gasteiger partial charge on any atom is 0.213 e. The zero-order valence-corrected chi connectivity index (χ0v) is 9.75. The number of aliphatic hydroxyl groups is 1. The van der Waals surface area contributed by atoms with E-state index in [1.807, 2.05) is 0 Å². The molecular formula is C8H19NO4S. The summed E-state index contributed by atoms with van der Waals surface area (Å²) in [6.45, 7) is 2.03. The lowest BCUT2D eigenvalue weighted by atomic mass is 10.4. The van der Waals surface area contributed by atoms with Gasteiger partial charge in [0.1, 0.15) is 0 Å². The average molecular weight is 225 g/mol. The maximum absolute atomic E-state index is 11.4. The molecule has 0 heterocycles. The van der Waals surface area contributed by atoms with Crippen LogP contribution in [0.15, 0.2) is 0 Å². The summed E-state index contributed by atoms with van der Waals surface area (Å²) in [6, 6.07) is 0. The van der Waals surface area contributed by atoms with Crippen LogP contribution in [0, 0.1) is 0 Å². The standard InChI is InChI=1S/C8H19NO4S/c1-4-5-14(11,12)9(2)6-8(10)7-13-3/h8,10H,4-7H2,1-3H3. The number of aliphatic hydroxyl groups excluding tert-OH is 1. The Morgan fingerprint density at radius 2 is 2.07 bits per heavy atom. The largest absolute Gasteiger partial charge is 0.389 e. The van der Waals surface area contributed by atoms with Gasteiger partial charge in [-0.2, -0.15) is 0 Å². The second-order valence-electron chi connectivity index (χ2n) is 3.21. The molecule has 1 unspecified atom stereocenters. The Labute approximate surface area is 85.7 Å². The van der Waals surface area contributed by atoms with E-state index in [0.717, 1.165) is 0 Å². The average Bonchev–Trinajstić information content (AvgIpc) is 2.04. The first-order valence-electron chi connectivity index (χ1n) is 4.55. The fourth-order valence-corrected chi connectivity index (χ4v) is 2.30. The van der Waals surface area contributed by atoms with Crippen LogP contribution in [0.1, 0.15) is 13.3 Å². The number of ether oxygens (including phenoxy) is 1. The van der Waals surface area contributed by atoms with Crippen molar-refractivity contribution in [2.75, 3.05) is 33.1 Å². The molecule has 0 bridgehead atoms. The van der Waals surface area contributed by atoms with Gasteiger partial charge in [-0.15, -0.1) is 0 Å². The van der Waals surface area contributed by atoms with Crippen molar-refractivity contribution >= 4 is 10.0 Å². The van der Waals surface area contributed by atoms with Crippen LogP contribution in [0.25, 0.3) is 0 Å². The minimum absolute atomic E-state index is 0.0795.